The molecule has 0 saturated carbocycles. The highest BCUT2D eigenvalue weighted by Gasteiger charge is 2.20. The molecule has 0 saturated heterocycles. The van der Waals surface area contributed by atoms with Crippen molar-refractivity contribution in [2.24, 2.45) is 5.92 Å². The van der Waals surface area contributed by atoms with E-state index in [1.807, 2.05) is 13.8 Å². The van der Waals surface area contributed by atoms with Crippen LogP contribution in [0.5, 0.6) is 0 Å². The molecule has 0 aromatic carbocycles. The van der Waals surface area contributed by atoms with E-state index >= 15 is 0 Å². The van der Waals surface area contributed by atoms with Crippen LogP contribution in [0.15, 0.2) is 6.20 Å². The predicted molar refractivity (Wildman–Crippen MR) is 89.1 cm³/mol. The summed E-state index contributed by atoms with van der Waals surface area (Å²) in [5.41, 5.74) is 5.82. The molecule has 23 heavy (non-hydrogen) atoms. The lowest BCUT2D eigenvalue weighted by Crippen LogP contribution is -2.27. The fourth-order valence-electron chi connectivity index (χ4n) is 1.86. The molecule has 0 aliphatic rings. The van der Waals surface area contributed by atoms with E-state index in [2.05, 4.69) is 10.3 Å². The van der Waals surface area contributed by atoms with Crippen molar-refractivity contribution < 1.29 is 14.3 Å². The summed E-state index contributed by atoms with van der Waals surface area (Å²) in [6, 6.07) is 0. The number of imidazole rings is 1. The standard InChI is InChI=1S/C16H28N4O3/c1-11(2)9-18-13(21)8-6-7-12-10-20(14(17)19-12)15(22)23-16(3,4)5/h10-11H,6-9H2,1-5H3,(H2,17,19)(H,18,21). The molecule has 3 N–H and O–H groups in total. The summed E-state index contributed by atoms with van der Waals surface area (Å²) in [5, 5.41) is 2.87. The SMILES string of the molecule is CC(C)CNC(=O)CCCc1cn(C(=O)OC(C)(C)C)c(N)n1. The molecule has 0 radical (unpaired) electrons. The quantitative estimate of drug-likeness (QED) is 0.836. The van der Waals surface area contributed by atoms with Crippen molar-refractivity contribution >= 4 is 17.9 Å². The van der Waals surface area contributed by atoms with Crippen LogP contribution in [0.1, 0.15) is 53.2 Å². The lowest BCUT2D eigenvalue weighted by molar-refractivity contribution is -0.121. The minimum atomic E-state index is -0.595. The fraction of sp³-hybridized carbons (Fsp3) is 0.688. The molecule has 0 unspecified atom stereocenters. The van der Waals surface area contributed by atoms with E-state index in [1.165, 1.54) is 4.57 Å². The van der Waals surface area contributed by atoms with E-state index < -0.39 is 11.7 Å². The van der Waals surface area contributed by atoms with E-state index in [0.717, 1.165) is 0 Å². The van der Waals surface area contributed by atoms with Crippen molar-refractivity contribution in [2.75, 3.05) is 12.3 Å². The molecule has 1 aromatic heterocycles. The van der Waals surface area contributed by atoms with Crippen LogP contribution in [0.3, 0.4) is 0 Å². The Morgan fingerprint density at radius 3 is 2.61 bits per heavy atom. The Balaban J connectivity index is 2.49. The normalized spacial score (nSPS) is 11.6. The average molecular weight is 324 g/mol. The third-order valence-electron chi connectivity index (χ3n) is 2.92. The van der Waals surface area contributed by atoms with Crippen molar-refractivity contribution in [3.8, 4) is 0 Å². The van der Waals surface area contributed by atoms with Gasteiger partial charge in [-0.05, 0) is 39.5 Å². The monoisotopic (exact) mass is 324 g/mol. The van der Waals surface area contributed by atoms with Gasteiger partial charge in [-0.2, -0.15) is 0 Å². The maximum atomic E-state index is 12.0. The summed E-state index contributed by atoms with van der Waals surface area (Å²) in [5.74, 6) is 0.556. The zero-order valence-electron chi connectivity index (χ0n) is 14.7. The molecule has 130 valence electrons. The van der Waals surface area contributed by atoms with Crippen molar-refractivity contribution in [1.29, 1.82) is 0 Å². The third kappa shape index (κ3) is 7.17. The van der Waals surface area contributed by atoms with Gasteiger partial charge >= 0.3 is 6.09 Å². The minimum Gasteiger partial charge on any atom is -0.443 e. The van der Waals surface area contributed by atoms with Crippen LogP contribution in [0.25, 0.3) is 0 Å². The summed E-state index contributed by atoms with van der Waals surface area (Å²) in [6.07, 6.45) is 2.66. The van der Waals surface area contributed by atoms with E-state index in [9.17, 15) is 9.59 Å². The van der Waals surface area contributed by atoms with Gasteiger partial charge in [0, 0.05) is 19.2 Å². The number of nitrogens with one attached hydrogen (secondary N) is 1. The van der Waals surface area contributed by atoms with Gasteiger partial charge < -0.3 is 15.8 Å². The topological polar surface area (TPSA) is 99.2 Å². The molecule has 1 heterocycles. The molecule has 1 amide bonds. The number of hydrogen-bond donors (Lipinski definition) is 2. The van der Waals surface area contributed by atoms with E-state index in [1.54, 1.807) is 27.0 Å². The highest BCUT2D eigenvalue weighted by atomic mass is 16.6. The second-order valence-electron chi connectivity index (χ2n) is 6.99. The third-order valence-corrected chi connectivity index (χ3v) is 2.92. The Morgan fingerprint density at radius 2 is 2.04 bits per heavy atom. The molecular formula is C16H28N4O3. The predicted octanol–water partition coefficient (Wildman–Crippen LogP) is 2.34. The summed E-state index contributed by atoms with van der Waals surface area (Å²) < 4.78 is 6.45. The van der Waals surface area contributed by atoms with Gasteiger partial charge in [-0.15, -0.1) is 0 Å². The highest BCUT2D eigenvalue weighted by Crippen LogP contribution is 2.13. The molecule has 0 aliphatic heterocycles. The Morgan fingerprint density at radius 1 is 1.39 bits per heavy atom. The van der Waals surface area contributed by atoms with Gasteiger partial charge in [-0.3, -0.25) is 4.79 Å². The Bertz CT molecular complexity index is 544. The molecule has 1 aromatic rings. The molecule has 0 bridgehead atoms. The smallest absolute Gasteiger partial charge is 0.421 e. The number of ether oxygens (including phenoxy) is 1. The van der Waals surface area contributed by atoms with Crippen molar-refractivity contribution in [3.63, 3.8) is 0 Å². The number of aromatic nitrogens is 2. The molecular weight excluding hydrogens is 296 g/mol. The van der Waals surface area contributed by atoms with Crippen molar-refractivity contribution in [1.82, 2.24) is 14.9 Å². The van der Waals surface area contributed by atoms with Gasteiger partial charge in [0.15, 0.2) is 0 Å². The van der Waals surface area contributed by atoms with Crippen LogP contribution < -0.4 is 11.1 Å². The van der Waals surface area contributed by atoms with Crippen LogP contribution in [-0.4, -0.2) is 33.7 Å². The second-order valence-corrected chi connectivity index (χ2v) is 6.99. The van der Waals surface area contributed by atoms with E-state index in [-0.39, 0.29) is 11.9 Å². The average Bonchev–Trinajstić information content (AvgIpc) is 2.75. The van der Waals surface area contributed by atoms with E-state index in [4.69, 9.17) is 10.5 Å². The highest BCUT2D eigenvalue weighted by molar-refractivity contribution is 5.76. The molecule has 7 nitrogen and oxygen atoms in total. The Hall–Kier alpha value is -2.05. The molecule has 1 rings (SSSR count). The Labute approximate surface area is 137 Å². The van der Waals surface area contributed by atoms with Crippen LogP contribution in [0.4, 0.5) is 10.7 Å². The molecule has 0 aliphatic carbocycles. The van der Waals surface area contributed by atoms with Crippen molar-refractivity contribution in [2.45, 2.75) is 59.5 Å². The second kappa shape index (κ2) is 7.99. The van der Waals surface area contributed by atoms with Gasteiger partial charge in [-0.25, -0.2) is 14.3 Å². The number of amides is 1. The van der Waals surface area contributed by atoms with Crippen molar-refractivity contribution in [3.05, 3.63) is 11.9 Å². The number of rotatable bonds is 6. The van der Waals surface area contributed by atoms with Gasteiger partial charge in [-0.1, -0.05) is 13.8 Å². The molecule has 0 spiro atoms. The summed E-state index contributed by atoms with van der Waals surface area (Å²) in [4.78, 5) is 27.8. The van der Waals surface area contributed by atoms with Gasteiger partial charge in [0.25, 0.3) is 0 Å². The van der Waals surface area contributed by atoms with Gasteiger partial charge in [0.1, 0.15) is 5.60 Å². The first-order valence-corrected chi connectivity index (χ1v) is 7.92. The van der Waals surface area contributed by atoms with Crippen LogP contribution in [0.2, 0.25) is 0 Å². The lowest BCUT2D eigenvalue weighted by Gasteiger charge is -2.19. The van der Waals surface area contributed by atoms with Crippen LogP contribution in [-0.2, 0) is 16.0 Å². The lowest BCUT2D eigenvalue weighted by atomic mass is 10.2. The number of hydrogen-bond acceptors (Lipinski definition) is 5. The number of nitrogens with zero attached hydrogens (tertiary/aromatic N) is 2. The van der Waals surface area contributed by atoms with Gasteiger partial charge in [0.2, 0.25) is 11.9 Å². The molecule has 7 heteroatoms. The summed E-state index contributed by atoms with van der Waals surface area (Å²) >= 11 is 0. The van der Waals surface area contributed by atoms with E-state index in [0.29, 0.717) is 37.4 Å². The first-order valence-electron chi connectivity index (χ1n) is 7.92. The first kappa shape index (κ1) is 19.0. The zero-order chi connectivity index (χ0) is 17.6. The number of nitrogen functional groups attached to an aromatic ring is 1. The number of carbonyl (C=O) groups excluding carboxylic acids is 2. The molecule has 0 atom stereocenters. The molecule has 0 fully saturated rings. The zero-order valence-corrected chi connectivity index (χ0v) is 14.7. The Kier molecular flexibility index (Phi) is 6.60. The number of anilines is 1. The number of aryl methyl sites for hydroxylation is 1. The number of carbonyl (C=O) groups is 2. The minimum absolute atomic E-state index is 0.0262. The number of nitrogens with two attached hydrogens (primary N) is 1. The maximum absolute atomic E-state index is 12.0. The maximum Gasteiger partial charge on any atom is 0.421 e. The van der Waals surface area contributed by atoms with Crippen LogP contribution in [0, 0.1) is 5.92 Å². The largest absolute Gasteiger partial charge is 0.443 e. The fourth-order valence-corrected chi connectivity index (χ4v) is 1.86. The van der Waals surface area contributed by atoms with Gasteiger partial charge in [0.05, 0.1) is 5.69 Å². The summed E-state index contributed by atoms with van der Waals surface area (Å²) in [7, 11) is 0. The first-order chi connectivity index (χ1) is 10.6. The van der Waals surface area contributed by atoms with Crippen LogP contribution >= 0.6 is 0 Å². The summed E-state index contributed by atoms with van der Waals surface area (Å²) in [6.45, 7) is 10.1.